The molecule has 1 aliphatic rings. The van der Waals surface area contributed by atoms with Gasteiger partial charge >= 0.3 is 6.03 Å². The summed E-state index contributed by atoms with van der Waals surface area (Å²) >= 11 is 0. The number of hydrogen-bond donors (Lipinski definition) is 1. The number of carbonyl (C=O) groups is 1. The van der Waals surface area contributed by atoms with Gasteiger partial charge in [-0.25, -0.2) is 4.79 Å². The average molecular weight is 331 g/mol. The van der Waals surface area contributed by atoms with Crippen molar-refractivity contribution in [1.82, 2.24) is 10.2 Å². The van der Waals surface area contributed by atoms with Crippen molar-refractivity contribution < 1.29 is 14.3 Å². The summed E-state index contributed by atoms with van der Waals surface area (Å²) in [5.74, 6) is 1.21. The number of morpholine rings is 1. The van der Waals surface area contributed by atoms with E-state index in [0.717, 1.165) is 6.42 Å². The summed E-state index contributed by atoms with van der Waals surface area (Å²) in [6.45, 7) is 6.93. The maximum absolute atomic E-state index is 12.4. The van der Waals surface area contributed by atoms with Crippen LogP contribution in [0.2, 0.25) is 0 Å². The van der Waals surface area contributed by atoms with Crippen LogP contribution in [-0.4, -0.2) is 49.9 Å². The van der Waals surface area contributed by atoms with Crippen LogP contribution in [0, 0.1) is 17.2 Å². The van der Waals surface area contributed by atoms with Crippen molar-refractivity contribution in [3.8, 4) is 11.8 Å². The zero-order valence-corrected chi connectivity index (χ0v) is 14.3. The van der Waals surface area contributed by atoms with Crippen LogP contribution in [0.5, 0.6) is 5.75 Å². The molecule has 1 atom stereocenters. The predicted octanol–water partition coefficient (Wildman–Crippen LogP) is 2.39. The molecule has 0 radical (unpaired) electrons. The van der Waals surface area contributed by atoms with Gasteiger partial charge in [-0.15, -0.1) is 0 Å². The van der Waals surface area contributed by atoms with E-state index in [1.165, 1.54) is 0 Å². The summed E-state index contributed by atoms with van der Waals surface area (Å²) in [6, 6.07) is 9.05. The Bertz CT molecular complexity index is 566. The number of urea groups is 1. The zero-order valence-electron chi connectivity index (χ0n) is 14.3. The van der Waals surface area contributed by atoms with Gasteiger partial charge in [-0.1, -0.05) is 13.8 Å². The lowest BCUT2D eigenvalue weighted by atomic mass is 10.0. The monoisotopic (exact) mass is 331 g/mol. The molecule has 130 valence electrons. The Morgan fingerprint density at radius 3 is 2.88 bits per heavy atom. The Morgan fingerprint density at radius 1 is 1.46 bits per heavy atom. The van der Waals surface area contributed by atoms with Crippen LogP contribution in [0.3, 0.4) is 0 Å². The molecule has 1 fully saturated rings. The van der Waals surface area contributed by atoms with Gasteiger partial charge in [-0.3, -0.25) is 0 Å². The zero-order chi connectivity index (χ0) is 17.4. The summed E-state index contributed by atoms with van der Waals surface area (Å²) in [7, 11) is 0. The van der Waals surface area contributed by atoms with Gasteiger partial charge in [0.25, 0.3) is 0 Å². The molecule has 1 N–H and O–H groups in total. The van der Waals surface area contributed by atoms with Gasteiger partial charge < -0.3 is 19.7 Å². The van der Waals surface area contributed by atoms with Crippen LogP contribution >= 0.6 is 0 Å². The number of hydrogen-bond acceptors (Lipinski definition) is 4. The molecule has 1 aliphatic heterocycles. The molecule has 0 aromatic heterocycles. The number of rotatable bonds is 6. The molecule has 0 spiro atoms. The number of ether oxygens (including phenoxy) is 2. The van der Waals surface area contributed by atoms with Crippen molar-refractivity contribution in [2.45, 2.75) is 26.3 Å². The molecule has 1 aromatic carbocycles. The second-order valence-electron chi connectivity index (χ2n) is 6.27. The van der Waals surface area contributed by atoms with Gasteiger partial charge in [0.2, 0.25) is 0 Å². The van der Waals surface area contributed by atoms with Gasteiger partial charge in [0, 0.05) is 6.54 Å². The maximum atomic E-state index is 12.4. The number of benzene rings is 1. The highest BCUT2D eigenvalue weighted by Gasteiger charge is 2.27. The molecule has 6 nitrogen and oxygen atoms in total. The molecule has 1 heterocycles. The van der Waals surface area contributed by atoms with E-state index >= 15 is 0 Å². The lowest BCUT2D eigenvalue weighted by molar-refractivity contribution is 0.00547. The minimum Gasteiger partial charge on any atom is -0.492 e. The molecule has 2 rings (SSSR count). The molecule has 1 saturated heterocycles. The van der Waals surface area contributed by atoms with E-state index in [2.05, 4.69) is 25.2 Å². The average Bonchev–Trinajstić information content (AvgIpc) is 2.59. The van der Waals surface area contributed by atoms with E-state index < -0.39 is 0 Å². The van der Waals surface area contributed by atoms with Gasteiger partial charge in [0.05, 0.1) is 37.4 Å². The number of nitriles is 1. The van der Waals surface area contributed by atoms with Gasteiger partial charge in [-0.05, 0) is 36.6 Å². The highest BCUT2D eigenvalue weighted by Crippen LogP contribution is 2.15. The summed E-state index contributed by atoms with van der Waals surface area (Å²) in [5, 5.41) is 11.7. The standard InChI is InChI=1S/C18H25N3O3/c1-14(2)11-16-13-23-10-8-21(16)18(22)20-7-9-24-17-5-3-15(12-19)4-6-17/h3-6,14,16H,7-11,13H2,1-2H3,(H,20,22)/t16-/m0/s1. The van der Waals surface area contributed by atoms with Crippen molar-refractivity contribution in [1.29, 1.82) is 5.26 Å². The molecular formula is C18H25N3O3. The lowest BCUT2D eigenvalue weighted by Crippen LogP contribution is -2.53. The number of carbonyl (C=O) groups excluding carboxylic acids is 1. The first kappa shape index (κ1) is 18.1. The molecule has 0 aliphatic carbocycles. The number of amides is 2. The molecule has 6 heteroatoms. The summed E-state index contributed by atoms with van der Waals surface area (Å²) in [6.07, 6.45) is 0.940. The van der Waals surface area contributed by atoms with E-state index in [4.69, 9.17) is 14.7 Å². The fourth-order valence-electron chi connectivity index (χ4n) is 2.72. The van der Waals surface area contributed by atoms with Crippen LogP contribution in [0.1, 0.15) is 25.8 Å². The predicted molar refractivity (Wildman–Crippen MR) is 90.8 cm³/mol. The van der Waals surface area contributed by atoms with Crippen molar-refractivity contribution in [3.05, 3.63) is 29.8 Å². The van der Waals surface area contributed by atoms with Gasteiger partial charge in [0.15, 0.2) is 0 Å². The van der Waals surface area contributed by atoms with Gasteiger partial charge in [0.1, 0.15) is 12.4 Å². The van der Waals surface area contributed by atoms with Crippen LogP contribution in [-0.2, 0) is 4.74 Å². The van der Waals surface area contributed by atoms with Crippen LogP contribution in [0.15, 0.2) is 24.3 Å². The number of nitrogens with zero attached hydrogens (tertiary/aromatic N) is 2. The minimum absolute atomic E-state index is 0.0626. The fraction of sp³-hybridized carbons (Fsp3) is 0.556. The topological polar surface area (TPSA) is 74.6 Å². The molecule has 1 aromatic rings. The SMILES string of the molecule is CC(C)C[C@H]1COCCN1C(=O)NCCOc1ccc(C#N)cc1. The third kappa shape index (κ3) is 5.43. The van der Waals surface area contributed by atoms with E-state index in [-0.39, 0.29) is 12.1 Å². The van der Waals surface area contributed by atoms with Crippen molar-refractivity contribution in [3.63, 3.8) is 0 Å². The van der Waals surface area contributed by atoms with Crippen LogP contribution < -0.4 is 10.1 Å². The first-order chi connectivity index (χ1) is 11.6. The van der Waals surface area contributed by atoms with E-state index in [1.54, 1.807) is 24.3 Å². The molecule has 24 heavy (non-hydrogen) atoms. The fourth-order valence-corrected chi connectivity index (χ4v) is 2.72. The van der Waals surface area contributed by atoms with Crippen molar-refractivity contribution in [2.24, 2.45) is 5.92 Å². The van der Waals surface area contributed by atoms with E-state index in [0.29, 0.717) is 50.1 Å². The third-order valence-corrected chi connectivity index (χ3v) is 3.86. The summed E-state index contributed by atoms with van der Waals surface area (Å²) < 4.78 is 11.1. The van der Waals surface area contributed by atoms with E-state index in [1.807, 2.05) is 4.90 Å². The Balaban J connectivity index is 1.74. The molecule has 0 unspecified atom stereocenters. The highest BCUT2D eigenvalue weighted by molar-refractivity contribution is 5.74. The Morgan fingerprint density at radius 2 is 2.21 bits per heavy atom. The number of nitrogens with one attached hydrogen (secondary N) is 1. The first-order valence-electron chi connectivity index (χ1n) is 8.35. The molecule has 0 saturated carbocycles. The normalized spacial score (nSPS) is 17.4. The first-order valence-corrected chi connectivity index (χ1v) is 8.35. The second-order valence-corrected chi connectivity index (χ2v) is 6.27. The summed E-state index contributed by atoms with van der Waals surface area (Å²) in [4.78, 5) is 14.2. The Kier molecular flexibility index (Phi) is 6.89. The maximum Gasteiger partial charge on any atom is 0.317 e. The summed E-state index contributed by atoms with van der Waals surface area (Å²) in [5.41, 5.74) is 0.596. The van der Waals surface area contributed by atoms with Crippen molar-refractivity contribution in [2.75, 3.05) is 32.9 Å². The smallest absolute Gasteiger partial charge is 0.317 e. The highest BCUT2D eigenvalue weighted by atomic mass is 16.5. The quantitative estimate of drug-likeness (QED) is 0.812. The largest absolute Gasteiger partial charge is 0.492 e. The van der Waals surface area contributed by atoms with Crippen LogP contribution in [0.4, 0.5) is 4.79 Å². The van der Waals surface area contributed by atoms with Gasteiger partial charge in [-0.2, -0.15) is 5.26 Å². The lowest BCUT2D eigenvalue weighted by Gasteiger charge is -2.36. The molecular weight excluding hydrogens is 306 g/mol. The minimum atomic E-state index is -0.0626. The second kappa shape index (κ2) is 9.14. The van der Waals surface area contributed by atoms with Crippen molar-refractivity contribution >= 4 is 6.03 Å². The Hall–Kier alpha value is -2.26. The Labute approximate surface area is 143 Å². The molecule has 2 amide bonds. The third-order valence-electron chi connectivity index (χ3n) is 3.86. The van der Waals surface area contributed by atoms with Crippen LogP contribution in [0.25, 0.3) is 0 Å². The molecule has 0 bridgehead atoms. The van der Waals surface area contributed by atoms with E-state index in [9.17, 15) is 4.79 Å².